The molecular weight excluding hydrogens is 466 g/mol. The van der Waals surface area contributed by atoms with Gasteiger partial charge in [-0.05, 0) is 57.6 Å². The molecule has 4 rings (SSSR count). The summed E-state index contributed by atoms with van der Waals surface area (Å²) in [5.74, 6) is -0.395. The van der Waals surface area contributed by atoms with E-state index in [1.165, 1.54) is 11.3 Å². The number of hydrogen-bond acceptors (Lipinski definition) is 9. The smallest absolute Gasteiger partial charge is 0.307 e. The molecule has 0 spiro atoms. The molecule has 9 nitrogen and oxygen atoms in total. The van der Waals surface area contributed by atoms with Crippen LogP contribution in [-0.4, -0.2) is 42.2 Å². The maximum Gasteiger partial charge on any atom is 0.307 e. The maximum atomic E-state index is 11.6. The van der Waals surface area contributed by atoms with Gasteiger partial charge in [-0.1, -0.05) is 13.8 Å². The molecule has 3 heterocycles. The van der Waals surface area contributed by atoms with Crippen molar-refractivity contribution in [3.63, 3.8) is 0 Å². The molecule has 0 aliphatic heterocycles. The predicted octanol–water partition coefficient (Wildman–Crippen LogP) is 4.93. The number of carboxylic acids is 1. The highest BCUT2D eigenvalue weighted by molar-refractivity contribution is 7.15. The van der Waals surface area contributed by atoms with Gasteiger partial charge in [0.25, 0.3) is 0 Å². The molecule has 3 aromatic heterocycles. The van der Waals surface area contributed by atoms with Crippen LogP contribution in [-0.2, 0) is 10.4 Å². The van der Waals surface area contributed by atoms with E-state index in [1.54, 1.807) is 18.5 Å². The van der Waals surface area contributed by atoms with Crippen LogP contribution in [0.25, 0.3) is 10.6 Å². The summed E-state index contributed by atoms with van der Waals surface area (Å²) in [5, 5.41) is 24.8. The molecule has 10 heteroatoms. The van der Waals surface area contributed by atoms with Gasteiger partial charge < -0.3 is 20.3 Å². The molecule has 0 unspecified atom stereocenters. The van der Waals surface area contributed by atoms with Crippen molar-refractivity contribution in [1.29, 1.82) is 0 Å². The minimum Gasteiger partial charge on any atom is -0.481 e. The molecule has 0 saturated heterocycles. The number of nitrogens with zero attached hydrogens (tertiary/aromatic N) is 4. The van der Waals surface area contributed by atoms with E-state index >= 15 is 0 Å². The van der Waals surface area contributed by atoms with Crippen molar-refractivity contribution in [3.8, 4) is 16.5 Å². The van der Waals surface area contributed by atoms with Crippen molar-refractivity contribution in [1.82, 2.24) is 19.9 Å². The molecule has 35 heavy (non-hydrogen) atoms. The Morgan fingerprint density at radius 2 is 2.03 bits per heavy atom. The number of thiazole rings is 1. The van der Waals surface area contributed by atoms with Gasteiger partial charge in [0.05, 0.1) is 22.6 Å². The molecule has 2 atom stereocenters. The second kappa shape index (κ2) is 9.50. The van der Waals surface area contributed by atoms with E-state index in [4.69, 9.17) is 4.74 Å². The number of hydrogen-bond donors (Lipinski definition) is 3. The summed E-state index contributed by atoms with van der Waals surface area (Å²) < 4.78 is 5.65. The number of aliphatic hydroxyl groups is 1. The fourth-order valence-corrected chi connectivity index (χ4v) is 5.69. The highest BCUT2D eigenvalue weighted by atomic mass is 32.1. The quantitative estimate of drug-likeness (QED) is 0.416. The second-order valence-corrected chi connectivity index (χ2v) is 11.1. The van der Waals surface area contributed by atoms with Crippen molar-refractivity contribution < 1.29 is 19.7 Å². The van der Waals surface area contributed by atoms with E-state index in [2.05, 4.69) is 25.3 Å². The van der Waals surface area contributed by atoms with Crippen LogP contribution in [0.15, 0.2) is 30.6 Å². The van der Waals surface area contributed by atoms with Crippen LogP contribution in [0.2, 0.25) is 0 Å². The van der Waals surface area contributed by atoms with Crippen LogP contribution >= 0.6 is 11.3 Å². The Balaban J connectivity index is 1.57. The summed E-state index contributed by atoms with van der Waals surface area (Å²) in [6, 6.07) is 5.50. The first kappa shape index (κ1) is 25.0. The first-order valence-electron chi connectivity index (χ1n) is 11.6. The summed E-state index contributed by atoms with van der Waals surface area (Å²) in [6.45, 7) is 9.57. The van der Waals surface area contributed by atoms with E-state index in [0.717, 1.165) is 16.3 Å². The van der Waals surface area contributed by atoms with Crippen molar-refractivity contribution >= 4 is 28.9 Å². The lowest BCUT2D eigenvalue weighted by Gasteiger charge is -2.44. The summed E-state index contributed by atoms with van der Waals surface area (Å²) >= 11 is 1.38. The van der Waals surface area contributed by atoms with E-state index in [1.807, 2.05) is 46.8 Å². The number of nitrogens with one attached hydrogen (secondary N) is 1. The largest absolute Gasteiger partial charge is 0.481 e. The molecule has 1 fully saturated rings. The number of aryl methyl sites for hydroxylation is 1. The minimum absolute atomic E-state index is 0.00705. The summed E-state index contributed by atoms with van der Waals surface area (Å²) in [6.07, 6.45) is 4.47. The van der Waals surface area contributed by atoms with Gasteiger partial charge in [-0.15, -0.1) is 11.3 Å². The molecule has 3 N–H and O–H groups in total. The zero-order chi connectivity index (χ0) is 25.4. The summed E-state index contributed by atoms with van der Waals surface area (Å²) in [5.41, 5.74) is 0.584. The SMILES string of the molecule is Cc1cc(Nc2nccc(OC(C)C)n2)cc(-c2cnc([C@]3(O)CC[C@@H](C(=O)O)C(C)(C)C3)s2)n1. The van der Waals surface area contributed by atoms with Crippen molar-refractivity contribution in [2.75, 3.05) is 5.32 Å². The topological polar surface area (TPSA) is 130 Å². The standard InChI is InChI=1S/C25H31N5O4S/c1-14(2)34-20-7-9-26-23(30-20)29-16-10-15(3)28-18(11-16)19-12-27-22(35-19)25(33)8-6-17(21(31)32)24(4,5)13-25/h7,9-12,14,17,33H,6,8,13H2,1-5H3,(H,31,32)(H,26,28,29,30)/t17-,25-/m0/s1. The molecule has 0 amide bonds. The molecule has 1 aliphatic carbocycles. The molecule has 0 radical (unpaired) electrons. The Kier molecular flexibility index (Phi) is 6.79. The number of rotatable bonds is 7. The Labute approximate surface area is 208 Å². The van der Waals surface area contributed by atoms with Gasteiger partial charge in [-0.25, -0.2) is 9.97 Å². The first-order chi connectivity index (χ1) is 16.4. The number of pyridine rings is 1. The molecule has 0 bridgehead atoms. The maximum absolute atomic E-state index is 11.6. The number of carboxylic acid groups (broad SMARTS) is 1. The van der Waals surface area contributed by atoms with Crippen LogP contribution in [0.4, 0.5) is 11.6 Å². The third-order valence-corrected chi connectivity index (χ3v) is 7.40. The monoisotopic (exact) mass is 497 g/mol. The van der Waals surface area contributed by atoms with E-state index in [9.17, 15) is 15.0 Å². The summed E-state index contributed by atoms with van der Waals surface area (Å²) in [4.78, 5) is 30.3. The first-order valence-corrected chi connectivity index (χ1v) is 12.4. The molecule has 0 aromatic carbocycles. The van der Waals surface area contributed by atoms with Gasteiger partial charge in [0.2, 0.25) is 11.8 Å². The zero-order valence-corrected chi connectivity index (χ0v) is 21.4. The van der Waals surface area contributed by atoms with Crippen molar-refractivity contribution in [2.24, 2.45) is 11.3 Å². The van der Waals surface area contributed by atoms with E-state index in [0.29, 0.717) is 41.8 Å². The van der Waals surface area contributed by atoms with E-state index in [-0.39, 0.29) is 6.10 Å². The van der Waals surface area contributed by atoms with Crippen molar-refractivity contribution in [3.05, 3.63) is 41.3 Å². The molecule has 3 aromatic rings. The lowest BCUT2D eigenvalue weighted by molar-refractivity contribution is -0.154. The van der Waals surface area contributed by atoms with Crippen LogP contribution in [0, 0.1) is 18.3 Å². The molecular formula is C25H31N5O4S. The average molecular weight is 498 g/mol. The fourth-order valence-electron chi connectivity index (χ4n) is 4.69. The third kappa shape index (κ3) is 5.59. The Bertz CT molecular complexity index is 1230. The van der Waals surface area contributed by atoms with Gasteiger partial charge in [-0.3, -0.25) is 9.78 Å². The number of anilines is 2. The number of aromatic nitrogens is 4. The second-order valence-electron chi connectivity index (χ2n) is 10.0. The van der Waals surface area contributed by atoms with Gasteiger partial charge in [0, 0.05) is 29.8 Å². The highest BCUT2D eigenvalue weighted by Gasteiger charge is 2.49. The predicted molar refractivity (Wildman–Crippen MR) is 134 cm³/mol. The number of aliphatic carboxylic acids is 1. The zero-order valence-electron chi connectivity index (χ0n) is 20.6. The van der Waals surface area contributed by atoms with Gasteiger partial charge >= 0.3 is 5.97 Å². The van der Waals surface area contributed by atoms with Crippen molar-refractivity contribution in [2.45, 2.75) is 65.6 Å². The number of ether oxygens (including phenoxy) is 1. The molecule has 1 aliphatic rings. The Morgan fingerprint density at radius 3 is 2.71 bits per heavy atom. The van der Waals surface area contributed by atoms with Gasteiger partial charge in [0.1, 0.15) is 10.6 Å². The fraction of sp³-hybridized carbons (Fsp3) is 0.480. The van der Waals surface area contributed by atoms with Gasteiger partial charge in [0.15, 0.2) is 0 Å². The highest BCUT2D eigenvalue weighted by Crippen LogP contribution is 2.50. The van der Waals surface area contributed by atoms with E-state index < -0.39 is 22.9 Å². The lowest BCUT2D eigenvalue weighted by atomic mass is 9.63. The lowest BCUT2D eigenvalue weighted by Crippen LogP contribution is -2.44. The van der Waals surface area contributed by atoms with Crippen LogP contribution < -0.4 is 10.1 Å². The third-order valence-electron chi connectivity index (χ3n) is 6.19. The van der Waals surface area contributed by atoms with Crippen LogP contribution in [0.3, 0.4) is 0 Å². The molecule has 186 valence electrons. The Hall–Kier alpha value is -3.11. The normalized spacial score (nSPS) is 21.6. The summed E-state index contributed by atoms with van der Waals surface area (Å²) in [7, 11) is 0. The van der Waals surface area contributed by atoms with Crippen LogP contribution in [0.5, 0.6) is 5.88 Å². The van der Waals surface area contributed by atoms with Gasteiger partial charge in [-0.2, -0.15) is 4.98 Å². The Morgan fingerprint density at radius 1 is 1.26 bits per heavy atom. The number of carbonyl (C=O) groups is 1. The average Bonchev–Trinajstić information content (AvgIpc) is 3.23. The van der Waals surface area contributed by atoms with Crippen LogP contribution in [0.1, 0.15) is 57.7 Å². The minimum atomic E-state index is -1.16. The molecule has 1 saturated carbocycles.